The highest BCUT2D eigenvalue weighted by molar-refractivity contribution is 5.76. The van der Waals surface area contributed by atoms with Gasteiger partial charge in [-0.15, -0.1) is 0 Å². The van der Waals surface area contributed by atoms with Crippen molar-refractivity contribution < 1.29 is 14.7 Å². The largest absolute Gasteiger partial charge is 0.481 e. The second-order valence-corrected chi connectivity index (χ2v) is 5.78. The molecule has 0 saturated heterocycles. The Morgan fingerprint density at radius 3 is 2.50 bits per heavy atom. The molecule has 0 aromatic carbocycles. The van der Waals surface area contributed by atoms with Crippen LogP contribution in [-0.2, 0) is 9.59 Å². The number of rotatable bonds is 8. The van der Waals surface area contributed by atoms with Gasteiger partial charge in [-0.05, 0) is 19.4 Å². The third-order valence-corrected chi connectivity index (χ3v) is 4.03. The number of amides is 1. The van der Waals surface area contributed by atoms with E-state index >= 15 is 0 Å². The maximum Gasteiger partial charge on any atom is 0.307 e. The molecule has 0 aromatic rings. The van der Waals surface area contributed by atoms with Gasteiger partial charge in [0.15, 0.2) is 0 Å². The van der Waals surface area contributed by atoms with Crippen molar-refractivity contribution in [3.05, 3.63) is 0 Å². The van der Waals surface area contributed by atoms with Crippen LogP contribution in [0.2, 0.25) is 0 Å². The molecule has 5 nitrogen and oxygen atoms in total. The van der Waals surface area contributed by atoms with Crippen LogP contribution in [-0.4, -0.2) is 47.6 Å². The van der Waals surface area contributed by atoms with Crippen molar-refractivity contribution in [2.24, 2.45) is 5.92 Å². The first-order chi connectivity index (χ1) is 9.52. The van der Waals surface area contributed by atoms with E-state index in [1.165, 1.54) is 19.3 Å². The van der Waals surface area contributed by atoms with Crippen molar-refractivity contribution in [3.8, 4) is 0 Å². The van der Waals surface area contributed by atoms with Crippen LogP contribution in [0.15, 0.2) is 0 Å². The average Bonchev–Trinajstić information content (AvgIpc) is 2.44. The van der Waals surface area contributed by atoms with Crippen molar-refractivity contribution >= 4 is 11.9 Å². The normalized spacial score (nSPS) is 17.9. The number of carboxylic acids is 1. The molecule has 0 radical (unpaired) electrons. The highest BCUT2D eigenvalue weighted by Gasteiger charge is 2.18. The molecule has 1 atom stereocenters. The molecular weight excluding hydrogens is 256 g/mol. The zero-order valence-corrected chi connectivity index (χ0v) is 12.7. The molecule has 20 heavy (non-hydrogen) atoms. The van der Waals surface area contributed by atoms with Gasteiger partial charge in [-0.1, -0.05) is 33.1 Å². The van der Waals surface area contributed by atoms with E-state index in [0.29, 0.717) is 25.6 Å². The van der Waals surface area contributed by atoms with Crippen LogP contribution < -0.4 is 5.32 Å². The molecule has 0 aliphatic heterocycles. The van der Waals surface area contributed by atoms with Crippen molar-refractivity contribution in [1.29, 1.82) is 0 Å². The monoisotopic (exact) mass is 284 g/mol. The predicted molar refractivity (Wildman–Crippen MR) is 78.5 cm³/mol. The van der Waals surface area contributed by atoms with E-state index in [1.807, 2.05) is 11.8 Å². The van der Waals surface area contributed by atoms with Crippen LogP contribution in [0, 0.1) is 5.92 Å². The van der Waals surface area contributed by atoms with Gasteiger partial charge in [-0.25, -0.2) is 0 Å². The first kappa shape index (κ1) is 17.0. The van der Waals surface area contributed by atoms with Gasteiger partial charge in [0.2, 0.25) is 5.91 Å². The maximum atomic E-state index is 11.9. The minimum Gasteiger partial charge on any atom is -0.481 e. The first-order valence-electron chi connectivity index (χ1n) is 7.77. The summed E-state index contributed by atoms with van der Waals surface area (Å²) in [5.74, 6) is -1.08. The molecule has 1 aliphatic carbocycles. The van der Waals surface area contributed by atoms with Crippen LogP contribution >= 0.6 is 0 Å². The lowest BCUT2D eigenvalue weighted by Crippen LogP contribution is -2.39. The van der Waals surface area contributed by atoms with Gasteiger partial charge in [0.25, 0.3) is 0 Å². The lowest BCUT2D eigenvalue weighted by Gasteiger charge is -2.25. The third-order valence-electron chi connectivity index (χ3n) is 4.03. The number of carbonyl (C=O) groups excluding carboxylic acids is 1. The summed E-state index contributed by atoms with van der Waals surface area (Å²) in [5.41, 5.74) is 0. The Morgan fingerprint density at radius 1 is 1.30 bits per heavy atom. The molecule has 0 spiro atoms. The minimum absolute atomic E-state index is 0.0957. The molecular formula is C15H28N2O3. The molecule has 116 valence electrons. The summed E-state index contributed by atoms with van der Waals surface area (Å²) >= 11 is 0. The quantitative estimate of drug-likeness (QED) is 0.714. The van der Waals surface area contributed by atoms with E-state index in [0.717, 1.165) is 19.4 Å². The van der Waals surface area contributed by atoms with Crippen LogP contribution in [0.25, 0.3) is 0 Å². The van der Waals surface area contributed by atoms with E-state index in [1.54, 1.807) is 6.92 Å². The zero-order valence-electron chi connectivity index (χ0n) is 12.7. The van der Waals surface area contributed by atoms with Crippen LogP contribution in [0.5, 0.6) is 0 Å². The smallest absolute Gasteiger partial charge is 0.307 e. The SMILES string of the molecule is CCN(CCC(=O)NC1CCCCC1)CC(C)C(=O)O. The number of aliphatic carboxylic acids is 1. The zero-order chi connectivity index (χ0) is 15.0. The molecule has 0 heterocycles. The van der Waals surface area contributed by atoms with Crippen molar-refractivity contribution in [3.63, 3.8) is 0 Å². The van der Waals surface area contributed by atoms with Crippen LogP contribution in [0.4, 0.5) is 0 Å². The molecule has 1 aliphatic rings. The minimum atomic E-state index is -0.782. The van der Waals surface area contributed by atoms with Gasteiger partial charge in [-0.2, -0.15) is 0 Å². The second-order valence-electron chi connectivity index (χ2n) is 5.78. The van der Waals surface area contributed by atoms with Crippen molar-refractivity contribution in [2.45, 2.75) is 58.4 Å². The van der Waals surface area contributed by atoms with Gasteiger partial charge < -0.3 is 15.3 Å². The van der Waals surface area contributed by atoms with Crippen molar-refractivity contribution in [2.75, 3.05) is 19.6 Å². The Hall–Kier alpha value is -1.10. The highest BCUT2D eigenvalue weighted by atomic mass is 16.4. The number of hydrogen-bond donors (Lipinski definition) is 2. The topological polar surface area (TPSA) is 69.6 Å². The Kier molecular flexibility index (Phi) is 7.59. The fraction of sp³-hybridized carbons (Fsp3) is 0.867. The molecule has 0 bridgehead atoms. The lowest BCUT2D eigenvalue weighted by molar-refractivity contribution is -0.141. The van der Waals surface area contributed by atoms with Crippen LogP contribution in [0.3, 0.4) is 0 Å². The first-order valence-corrected chi connectivity index (χ1v) is 7.77. The summed E-state index contributed by atoms with van der Waals surface area (Å²) in [6.45, 7) is 5.60. The van der Waals surface area contributed by atoms with Gasteiger partial charge >= 0.3 is 5.97 Å². The van der Waals surface area contributed by atoms with E-state index in [4.69, 9.17) is 5.11 Å². The second kappa shape index (κ2) is 8.95. The summed E-state index contributed by atoms with van der Waals surface area (Å²) in [7, 11) is 0. The number of carbonyl (C=O) groups is 2. The summed E-state index contributed by atoms with van der Waals surface area (Å²) in [6.07, 6.45) is 6.35. The molecule has 2 N–H and O–H groups in total. The molecule has 1 unspecified atom stereocenters. The third kappa shape index (κ3) is 6.37. The molecule has 1 saturated carbocycles. The number of nitrogens with one attached hydrogen (secondary N) is 1. The van der Waals surface area contributed by atoms with Gasteiger partial charge in [-0.3, -0.25) is 9.59 Å². The summed E-state index contributed by atoms with van der Waals surface area (Å²) in [6, 6.07) is 0.351. The number of hydrogen-bond acceptors (Lipinski definition) is 3. The Bertz CT molecular complexity index is 314. The van der Waals surface area contributed by atoms with Gasteiger partial charge in [0.05, 0.1) is 5.92 Å². The average molecular weight is 284 g/mol. The maximum absolute atomic E-state index is 11.9. The predicted octanol–water partition coefficient (Wildman–Crippen LogP) is 1.87. The van der Waals surface area contributed by atoms with E-state index in [2.05, 4.69) is 5.32 Å². The molecule has 1 fully saturated rings. The highest BCUT2D eigenvalue weighted by Crippen LogP contribution is 2.17. The molecule has 5 heteroatoms. The summed E-state index contributed by atoms with van der Waals surface area (Å²) in [5, 5.41) is 12.0. The molecule has 0 aromatic heterocycles. The number of nitrogens with zero attached hydrogens (tertiary/aromatic N) is 1. The Balaban J connectivity index is 2.24. The fourth-order valence-electron chi connectivity index (χ4n) is 2.65. The Labute approximate surface area is 121 Å². The van der Waals surface area contributed by atoms with Crippen LogP contribution in [0.1, 0.15) is 52.4 Å². The summed E-state index contributed by atoms with van der Waals surface area (Å²) < 4.78 is 0. The molecule has 1 rings (SSSR count). The van der Waals surface area contributed by atoms with E-state index in [9.17, 15) is 9.59 Å². The van der Waals surface area contributed by atoms with Crippen molar-refractivity contribution in [1.82, 2.24) is 10.2 Å². The van der Waals surface area contributed by atoms with E-state index in [-0.39, 0.29) is 5.91 Å². The van der Waals surface area contributed by atoms with E-state index < -0.39 is 11.9 Å². The fourth-order valence-corrected chi connectivity index (χ4v) is 2.65. The van der Waals surface area contributed by atoms with Gasteiger partial charge in [0.1, 0.15) is 0 Å². The summed E-state index contributed by atoms with van der Waals surface area (Å²) in [4.78, 5) is 24.8. The molecule has 1 amide bonds. The number of carboxylic acid groups (broad SMARTS) is 1. The Morgan fingerprint density at radius 2 is 1.95 bits per heavy atom. The standard InChI is InChI=1S/C15H28N2O3/c1-3-17(11-12(2)15(19)20)10-9-14(18)16-13-7-5-4-6-8-13/h12-13H,3-11H2,1-2H3,(H,16,18)(H,19,20). The lowest BCUT2D eigenvalue weighted by atomic mass is 9.95. The van der Waals surface area contributed by atoms with Gasteiger partial charge in [0, 0.05) is 25.6 Å².